The van der Waals surface area contributed by atoms with E-state index in [1.165, 1.54) is 0 Å². The summed E-state index contributed by atoms with van der Waals surface area (Å²) < 4.78 is 174. The van der Waals surface area contributed by atoms with Crippen LogP contribution in [0.5, 0.6) is 0 Å². The average Bonchev–Trinajstić information content (AvgIpc) is 2.22. The largest absolute Gasteiger partial charge is 0.471 e. The number of ether oxygens (including phenoxy) is 2. The number of halogens is 12. The second kappa shape index (κ2) is 5.85. The molecule has 144 valence electrons. The number of rotatable bonds is 7. The first-order valence-corrected chi connectivity index (χ1v) is 6.07. The average molecular weight is 410 g/mol. The number of hydrogen-bond donors (Lipinski definition) is 0. The first kappa shape index (κ1) is 22.6. The first-order valence-electron chi connectivity index (χ1n) is 4.69. The van der Waals surface area contributed by atoms with Crippen LogP contribution in [0.1, 0.15) is 0 Å². The third kappa shape index (κ3) is 3.81. The summed E-state index contributed by atoms with van der Waals surface area (Å²) in [5.74, 6) is -7.24. The zero-order chi connectivity index (χ0) is 20.0. The molecule has 0 aromatic carbocycles. The van der Waals surface area contributed by atoms with Crippen LogP contribution >= 0.6 is 0 Å². The standard InChI is InChI=1S/C7H2F12O4S/c1-2(8)22-5(13,14)3(9,4(10,11)12)23-6(15,16)7(17,18)24(19,20)21/h1H2. The molecule has 0 aromatic rings. The molecule has 0 saturated heterocycles. The van der Waals surface area contributed by atoms with E-state index in [2.05, 4.69) is 4.74 Å². The fraction of sp³-hybridized carbons (Fsp3) is 0.714. The van der Waals surface area contributed by atoms with Gasteiger partial charge in [-0.1, -0.05) is 3.89 Å². The van der Waals surface area contributed by atoms with Crippen molar-refractivity contribution >= 4 is 10.2 Å². The van der Waals surface area contributed by atoms with Gasteiger partial charge in [0, 0.05) is 0 Å². The molecule has 0 aromatic heterocycles. The molecule has 0 amide bonds. The van der Waals surface area contributed by atoms with Crippen molar-refractivity contribution in [2.45, 2.75) is 29.5 Å². The van der Waals surface area contributed by atoms with Crippen LogP contribution in [-0.2, 0) is 19.7 Å². The maximum absolute atomic E-state index is 13.3. The van der Waals surface area contributed by atoms with Crippen LogP contribution in [0.2, 0.25) is 0 Å². The number of hydrogen-bond acceptors (Lipinski definition) is 4. The molecular formula is C7H2F12O4S. The van der Waals surface area contributed by atoms with Crippen LogP contribution in [0.4, 0.5) is 52.2 Å². The minimum Gasteiger partial charge on any atom is -0.402 e. The fourth-order valence-corrected chi connectivity index (χ4v) is 1.19. The van der Waals surface area contributed by atoms with E-state index < -0.39 is 45.7 Å². The molecule has 0 aliphatic rings. The Bertz CT molecular complexity index is 595. The highest BCUT2D eigenvalue weighted by Crippen LogP contribution is 2.53. The lowest BCUT2D eigenvalue weighted by Crippen LogP contribution is -2.63. The first-order chi connectivity index (χ1) is 10.1. The van der Waals surface area contributed by atoms with Gasteiger partial charge in [-0.25, -0.2) is 0 Å². The molecule has 0 rings (SSSR count). The topological polar surface area (TPSA) is 52.6 Å². The second-order valence-electron chi connectivity index (χ2n) is 3.64. The van der Waals surface area contributed by atoms with Gasteiger partial charge >= 0.3 is 39.7 Å². The summed E-state index contributed by atoms with van der Waals surface area (Å²) in [4.78, 5) is 0. The molecule has 24 heavy (non-hydrogen) atoms. The van der Waals surface area contributed by atoms with Crippen LogP contribution in [0.15, 0.2) is 12.6 Å². The highest BCUT2D eigenvalue weighted by Gasteiger charge is 2.82. The molecule has 0 saturated carbocycles. The van der Waals surface area contributed by atoms with E-state index in [0.717, 1.165) is 0 Å². The van der Waals surface area contributed by atoms with Gasteiger partial charge in [-0.05, 0) is 6.58 Å². The maximum Gasteiger partial charge on any atom is 0.471 e. The summed E-state index contributed by atoms with van der Waals surface area (Å²) in [6.45, 7) is 1.77. The fourth-order valence-electron chi connectivity index (χ4n) is 0.865. The van der Waals surface area contributed by atoms with Gasteiger partial charge in [-0.15, -0.1) is 0 Å². The molecular weight excluding hydrogens is 408 g/mol. The monoisotopic (exact) mass is 410 g/mol. The van der Waals surface area contributed by atoms with Gasteiger partial charge in [0.25, 0.3) is 6.01 Å². The Balaban J connectivity index is 6.24. The molecule has 0 heterocycles. The minimum absolute atomic E-state index is 1.57. The van der Waals surface area contributed by atoms with Crippen molar-refractivity contribution in [1.29, 1.82) is 0 Å². The van der Waals surface area contributed by atoms with E-state index in [4.69, 9.17) is 0 Å². The molecule has 4 nitrogen and oxygen atoms in total. The van der Waals surface area contributed by atoms with Crippen molar-refractivity contribution in [3.63, 3.8) is 0 Å². The van der Waals surface area contributed by atoms with E-state index in [0.29, 0.717) is 0 Å². The van der Waals surface area contributed by atoms with E-state index in [-0.39, 0.29) is 0 Å². The summed E-state index contributed by atoms with van der Waals surface area (Å²) in [5, 5.41) is -7.23. The summed E-state index contributed by atoms with van der Waals surface area (Å²) in [7, 11) is -7.77. The van der Waals surface area contributed by atoms with Gasteiger partial charge in [0.05, 0.1) is 0 Å². The molecule has 0 bridgehead atoms. The van der Waals surface area contributed by atoms with E-state index in [1.807, 2.05) is 0 Å². The van der Waals surface area contributed by atoms with Crippen LogP contribution in [-0.4, -0.2) is 37.9 Å². The van der Waals surface area contributed by atoms with Crippen molar-refractivity contribution in [2.75, 3.05) is 0 Å². The minimum atomic E-state index is -7.77. The molecule has 0 spiro atoms. The smallest absolute Gasteiger partial charge is 0.402 e. The molecule has 0 radical (unpaired) electrons. The van der Waals surface area contributed by atoms with Gasteiger partial charge in [0.15, 0.2) is 0 Å². The van der Waals surface area contributed by atoms with Crippen molar-refractivity contribution in [2.24, 2.45) is 0 Å². The molecule has 0 fully saturated rings. The molecule has 1 atom stereocenters. The van der Waals surface area contributed by atoms with Gasteiger partial charge in [0.1, 0.15) is 0 Å². The van der Waals surface area contributed by atoms with Crippen molar-refractivity contribution in [1.82, 2.24) is 0 Å². The Morgan fingerprint density at radius 1 is 0.833 bits per heavy atom. The predicted octanol–water partition coefficient (Wildman–Crippen LogP) is 3.77. The van der Waals surface area contributed by atoms with Gasteiger partial charge < -0.3 is 4.74 Å². The van der Waals surface area contributed by atoms with Crippen molar-refractivity contribution < 1.29 is 70.1 Å². The predicted molar refractivity (Wildman–Crippen MR) is 47.2 cm³/mol. The Hall–Kier alpha value is -1.39. The van der Waals surface area contributed by atoms with Gasteiger partial charge in [-0.3, -0.25) is 4.74 Å². The zero-order valence-electron chi connectivity index (χ0n) is 10.3. The van der Waals surface area contributed by atoms with Gasteiger partial charge in [0.2, 0.25) is 0 Å². The second-order valence-corrected chi connectivity index (χ2v) is 5.03. The Morgan fingerprint density at radius 3 is 1.46 bits per heavy atom. The SMILES string of the molecule is C=C(F)OC(F)(F)C(F)(OC(F)(F)C(F)(F)S(=O)(=O)F)C(F)(F)F. The van der Waals surface area contributed by atoms with Crippen molar-refractivity contribution in [3.8, 4) is 0 Å². The highest BCUT2D eigenvalue weighted by atomic mass is 32.3. The third-order valence-electron chi connectivity index (χ3n) is 1.89. The lowest BCUT2D eigenvalue weighted by Gasteiger charge is -2.36. The third-order valence-corrected chi connectivity index (χ3v) is 2.74. The highest BCUT2D eigenvalue weighted by molar-refractivity contribution is 7.87. The Morgan fingerprint density at radius 2 is 1.21 bits per heavy atom. The molecule has 17 heteroatoms. The molecule has 0 aliphatic heterocycles. The summed E-state index contributed by atoms with van der Waals surface area (Å²) in [6, 6.07) is -2.90. The molecule has 0 aliphatic carbocycles. The summed E-state index contributed by atoms with van der Waals surface area (Å²) >= 11 is 0. The van der Waals surface area contributed by atoms with E-state index in [9.17, 15) is 60.6 Å². The van der Waals surface area contributed by atoms with E-state index in [1.54, 1.807) is 11.3 Å². The lowest BCUT2D eigenvalue weighted by molar-refractivity contribution is -0.510. The summed E-state index contributed by atoms with van der Waals surface area (Å²) in [6.07, 6.45) is -21.5. The molecule has 1 unspecified atom stereocenters. The maximum atomic E-state index is 13.3. The van der Waals surface area contributed by atoms with Crippen LogP contribution in [0.25, 0.3) is 0 Å². The quantitative estimate of drug-likeness (QED) is 0.365. The zero-order valence-corrected chi connectivity index (χ0v) is 11.1. The van der Waals surface area contributed by atoms with Crippen LogP contribution < -0.4 is 0 Å². The molecule has 0 N–H and O–H groups in total. The summed E-state index contributed by atoms with van der Waals surface area (Å²) in [5.41, 5.74) is 0. The van der Waals surface area contributed by atoms with Crippen LogP contribution in [0, 0.1) is 0 Å². The lowest BCUT2D eigenvalue weighted by atomic mass is 10.2. The van der Waals surface area contributed by atoms with Gasteiger partial charge in [-0.2, -0.15) is 56.7 Å². The van der Waals surface area contributed by atoms with Crippen molar-refractivity contribution in [3.05, 3.63) is 12.6 Å². The normalized spacial score (nSPS) is 17.3. The van der Waals surface area contributed by atoms with Crippen LogP contribution in [0.3, 0.4) is 0 Å². The van der Waals surface area contributed by atoms with E-state index >= 15 is 0 Å². The Labute approximate surface area is 123 Å². The Kier molecular flexibility index (Phi) is 5.51. The number of alkyl halides is 10.